The fraction of sp³-hybridized carbons (Fsp3) is 0.538. The van der Waals surface area contributed by atoms with Gasteiger partial charge in [-0.25, -0.2) is 4.79 Å². The monoisotopic (exact) mass is 234 g/mol. The average molecular weight is 234 g/mol. The van der Waals surface area contributed by atoms with Crippen LogP contribution < -0.4 is 4.90 Å². The van der Waals surface area contributed by atoms with Gasteiger partial charge < -0.3 is 10.0 Å². The Morgan fingerprint density at radius 2 is 2.12 bits per heavy atom. The van der Waals surface area contributed by atoms with Crippen molar-refractivity contribution in [2.75, 3.05) is 11.4 Å². The zero-order chi connectivity index (χ0) is 12.5. The van der Waals surface area contributed by atoms with Gasteiger partial charge in [-0.15, -0.1) is 0 Å². The van der Waals surface area contributed by atoms with Gasteiger partial charge in [-0.3, -0.25) is 4.98 Å². The van der Waals surface area contributed by atoms with Crippen molar-refractivity contribution in [2.45, 2.75) is 32.7 Å². The average Bonchev–Trinajstić information content (AvgIpc) is 2.28. The van der Waals surface area contributed by atoms with Crippen LogP contribution in [0.3, 0.4) is 0 Å². The number of carboxylic acids is 1. The molecule has 0 amide bonds. The molecule has 0 bridgehead atoms. The summed E-state index contributed by atoms with van der Waals surface area (Å²) >= 11 is 0. The molecule has 0 spiro atoms. The molecule has 1 aliphatic rings. The maximum atomic E-state index is 11.5. The molecule has 1 atom stereocenters. The van der Waals surface area contributed by atoms with Crippen LogP contribution in [0.5, 0.6) is 0 Å². The van der Waals surface area contributed by atoms with Crippen LogP contribution in [-0.4, -0.2) is 28.6 Å². The van der Waals surface area contributed by atoms with Gasteiger partial charge in [-0.2, -0.15) is 0 Å². The number of aliphatic carboxylic acids is 1. The summed E-state index contributed by atoms with van der Waals surface area (Å²) in [5.74, 6) is -0.744. The normalized spacial score (nSPS) is 23.4. The first-order valence-corrected chi connectivity index (χ1v) is 5.92. The predicted octanol–water partition coefficient (Wildman–Crippen LogP) is 2.16. The van der Waals surface area contributed by atoms with Crippen molar-refractivity contribution < 1.29 is 9.90 Å². The molecular formula is C13H18N2O2. The summed E-state index contributed by atoms with van der Waals surface area (Å²) in [5.41, 5.74) is 0.744. The zero-order valence-electron chi connectivity index (χ0n) is 10.3. The standard InChI is InChI=1S/C13H18N2O2/c1-13(2)6-3-9-15(11(13)12(16)17)10-4-7-14-8-5-10/h4-5,7-8,11H,3,6,9H2,1-2H3,(H,16,17). The van der Waals surface area contributed by atoms with Gasteiger partial charge in [0.1, 0.15) is 6.04 Å². The number of nitrogens with zero attached hydrogens (tertiary/aromatic N) is 2. The highest BCUT2D eigenvalue weighted by molar-refractivity contribution is 5.79. The molecule has 1 aromatic rings. The Hall–Kier alpha value is -1.58. The zero-order valence-corrected chi connectivity index (χ0v) is 10.3. The number of anilines is 1. The third kappa shape index (κ3) is 2.25. The van der Waals surface area contributed by atoms with Crippen LogP contribution in [0.2, 0.25) is 0 Å². The largest absolute Gasteiger partial charge is 0.480 e. The Morgan fingerprint density at radius 3 is 2.71 bits per heavy atom. The number of hydrogen-bond acceptors (Lipinski definition) is 3. The summed E-state index contributed by atoms with van der Waals surface area (Å²) in [4.78, 5) is 17.4. The molecule has 2 rings (SSSR count). The van der Waals surface area contributed by atoms with Crippen LogP contribution in [-0.2, 0) is 4.79 Å². The lowest BCUT2D eigenvalue weighted by atomic mass is 9.76. The molecule has 17 heavy (non-hydrogen) atoms. The molecule has 0 aliphatic carbocycles. The Balaban J connectivity index is 2.35. The molecule has 4 heteroatoms. The third-order valence-corrected chi connectivity index (χ3v) is 3.50. The van der Waals surface area contributed by atoms with Crippen molar-refractivity contribution in [1.82, 2.24) is 4.98 Å². The Morgan fingerprint density at radius 1 is 1.47 bits per heavy atom. The van der Waals surface area contributed by atoms with Crippen molar-refractivity contribution in [3.05, 3.63) is 24.5 Å². The number of carbonyl (C=O) groups is 1. The van der Waals surface area contributed by atoms with Crippen molar-refractivity contribution in [3.8, 4) is 0 Å². The molecule has 1 fully saturated rings. The molecule has 92 valence electrons. The van der Waals surface area contributed by atoms with E-state index in [9.17, 15) is 9.90 Å². The highest BCUT2D eigenvalue weighted by Crippen LogP contribution is 2.37. The predicted molar refractivity (Wildman–Crippen MR) is 66.0 cm³/mol. The lowest BCUT2D eigenvalue weighted by molar-refractivity contribution is -0.142. The molecule has 0 aromatic carbocycles. The number of rotatable bonds is 2. The Kier molecular flexibility index (Phi) is 3.05. The highest BCUT2D eigenvalue weighted by atomic mass is 16.4. The summed E-state index contributed by atoms with van der Waals surface area (Å²) in [5, 5.41) is 9.45. The van der Waals surface area contributed by atoms with Gasteiger partial charge in [-0.1, -0.05) is 13.8 Å². The summed E-state index contributed by atoms with van der Waals surface area (Å²) in [6, 6.07) is 3.29. The van der Waals surface area contributed by atoms with E-state index in [0.29, 0.717) is 0 Å². The van der Waals surface area contributed by atoms with E-state index in [-0.39, 0.29) is 5.41 Å². The number of aromatic nitrogens is 1. The van der Waals surface area contributed by atoms with Crippen LogP contribution in [0.4, 0.5) is 5.69 Å². The van der Waals surface area contributed by atoms with Gasteiger partial charge in [0.25, 0.3) is 0 Å². The summed E-state index contributed by atoms with van der Waals surface area (Å²) < 4.78 is 0. The molecule has 1 aromatic heterocycles. The van der Waals surface area contributed by atoms with Crippen LogP contribution in [0.15, 0.2) is 24.5 Å². The van der Waals surface area contributed by atoms with Crippen molar-refractivity contribution >= 4 is 11.7 Å². The van der Waals surface area contributed by atoms with E-state index in [2.05, 4.69) is 4.98 Å². The number of piperidine rings is 1. The summed E-state index contributed by atoms with van der Waals surface area (Å²) in [6.07, 6.45) is 5.39. The maximum Gasteiger partial charge on any atom is 0.326 e. The Labute approximate surface area is 101 Å². The van der Waals surface area contributed by atoms with Crippen molar-refractivity contribution in [1.29, 1.82) is 0 Å². The van der Waals surface area contributed by atoms with Gasteiger partial charge in [0, 0.05) is 24.6 Å². The lowest BCUT2D eigenvalue weighted by Gasteiger charge is -2.45. The second-order valence-corrected chi connectivity index (χ2v) is 5.23. The highest BCUT2D eigenvalue weighted by Gasteiger charge is 2.42. The Bertz CT molecular complexity index is 403. The van der Waals surface area contributed by atoms with E-state index in [1.54, 1.807) is 12.4 Å². The van der Waals surface area contributed by atoms with Crippen LogP contribution >= 0.6 is 0 Å². The maximum absolute atomic E-state index is 11.5. The smallest absolute Gasteiger partial charge is 0.326 e. The van der Waals surface area contributed by atoms with Gasteiger partial charge in [0.2, 0.25) is 0 Å². The van der Waals surface area contributed by atoms with Crippen molar-refractivity contribution in [2.24, 2.45) is 5.41 Å². The van der Waals surface area contributed by atoms with E-state index in [1.165, 1.54) is 0 Å². The van der Waals surface area contributed by atoms with Crippen LogP contribution in [0.1, 0.15) is 26.7 Å². The fourth-order valence-corrected chi connectivity index (χ4v) is 2.67. The molecule has 2 heterocycles. The molecular weight excluding hydrogens is 216 g/mol. The molecule has 1 saturated heterocycles. The first-order chi connectivity index (χ1) is 8.02. The summed E-state index contributed by atoms with van der Waals surface area (Å²) in [7, 11) is 0. The quantitative estimate of drug-likeness (QED) is 0.852. The van der Waals surface area contributed by atoms with Gasteiger partial charge in [0.15, 0.2) is 0 Å². The first-order valence-electron chi connectivity index (χ1n) is 5.92. The van der Waals surface area contributed by atoms with Gasteiger partial charge in [-0.05, 0) is 30.4 Å². The lowest BCUT2D eigenvalue weighted by Crippen LogP contribution is -2.54. The first kappa shape index (κ1) is 11.9. The molecule has 4 nitrogen and oxygen atoms in total. The minimum atomic E-state index is -0.744. The van der Waals surface area contributed by atoms with E-state index in [1.807, 2.05) is 30.9 Å². The minimum Gasteiger partial charge on any atom is -0.480 e. The molecule has 1 N–H and O–H groups in total. The second-order valence-electron chi connectivity index (χ2n) is 5.23. The van der Waals surface area contributed by atoms with E-state index >= 15 is 0 Å². The third-order valence-electron chi connectivity index (χ3n) is 3.50. The molecule has 0 radical (unpaired) electrons. The van der Waals surface area contributed by atoms with E-state index in [0.717, 1.165) is 25.1 Å². The topological polar surface area (TPSA) is 53.4 Å². The number of hydrogen-bond donors (Lipinski definition) is 1. The van der Waals surface area contributed by atoms with Crippen LogP contribution in [0, 0.1) is 5.41 Å². The number of pyridine rings is 1. The van der Waals surface area contributed by atoms with Gasteiger partial charge in [0.05, 0.1) is 0 Å². The van der Waals surface area contributed by atoms with Gasteiger partial charge >= 0.3 is 5.97 Å². The molecule has 1 aliphatic heterocycles. The van der Waals surface area contributed by atoms with Crippen molar-refractivity contribution in [3.63, 3.8) is 0 Å². The fourth-order valence-electron chi connectivity index (χ4n) is 2.67. The van der Waals surface area contributed by atoms with Crippen LogP contribution in [0.25, 0.3) is 0 Å². The van der Waals surface area contributed by atoms with E-state index < -0.39 is 12.0 Å². The molecule has 1 unspecified atom stereocenters. The molecule has 0 saturated carbocycles. The minimum absolute atomic E-state index is 0.201. The number of carboxylic acid groups (broad SMARTS) is 1. The summed E-state index contributed by atoms with van der Waals surface area (Å²) in [6.45, 7) is 4.85. The second kappa shape index (κ2) is 4.35. The van der Waals surface area contributed by atoms with E-state index in [4.69, 9.17) is 0 Å². The SMILES string of the molecule is CC1(C)CCCN(c2ccncc2)C1C(=O)O.